The molecule has 0 aliphatic heterocycles. The van der Waals surface area contributed by atoms with Crippen LogP contribution in [0.5, 0.6) is 0 Å². The van der Waals surface area contributed by atoms with E-state index in [-0.39, 0.29) is 50.1 Å². The van der Waals surface area contributed by atoms with Gasteiger partial charge in [-0.25, -0.2) is 0 Å². The van der Waals surface area contributed by atoms with Crippen LogP contribution in [0.25, 0.3) is 0 Å². The Kier molecular flexibility index (Phi) is 8.51. The summed E-state index contributed by atoms with van der Waals surface area (Å²) in [7, 11) is 1.27. The standard InChI is InChI=1S/C16H22N2O7/c1-12(16(21)24-2)11-17(7-9-25-10-8-19)15(20)13-3-5-14(6-4-13)18(22)23/h3-6,12,19H,7-11H2,1-2H3. The summed E-state index contributed by atoms with van der Waals surface area (Å²) in [5.74, 6) is -1.36. The summed E-state index contributed by atoms with van der Waals surface area (Å²) in [5, 5.41) is 19.4. The Morgan fingerprint density at radius 1 is 1.28 bits per heavy atom. The Hall–Kier alpha value is -2.52. The quantitative estimate of drug-likeness (QED) is 0.286. The minimum Gasteiger partial charge on any atom is -0.469 e. The van der Waals surface area contributed by atoms with Gasteiger partial charge in [-0.2, -0.15) is 0 Å². The number of esters is 1. The zero-order chi connectivity index (χ0) is 18.8. The predicted molar refractivity (Wildman–Crippen MR) is 88.1 cm³/mol. The van der Waals surface area contributed by atoms with Gasteiger partial charge in [0.25, 0.3) is 11.6 Å². The molecule has 1 unspecified atom stereocenters. The van der Waals surface area contributed by atoms with E-state index in [1.54, 1.807) is 6.92 Å². The first-order valence-electron chi connectivity index (χ1n) is 7.70. The Bertz CT molecular complexity index is 589. The number of aliphatic hydroxyl groups excluding tert-OH is 1. The molecule has 1 aromatic rings. The van der Waals surface area contributed by atoms with Crippen molar-refractivity contribution < 1.29 is 29.1 Å². The van der Waals surface area contributed by atoms with Gasteiger partial charge in [0.2, 0.25) is 0 Å². The molecule has 0 saturated carbocycles. The monoisotopic (exact) mass is 354 g/mol. The number of carbonyl (C=O) groups is 2. The van der Waals surface area contributed by atoms with Crippen molar-refractivity contribution in [3.63, 3.8) is 0 Å². The molecule has 9 nitrogen and oxygen atoms in total. The maximum absolute atomic E-state index is 12.6. The van der Waals surface area contributed by atoms with Crippen molar-refractivity contribution in [3.8, 4) is 0 Å². The summed E-state index contributed by atoms with van der Waals surface area (Å²) in [6.07, 6.45) is 0. The van der Waals surface area contributed by atoms with E-state index in [0.717, 1.165) is 0 Å². The van der Waals surface area contributed by atoms with Crippen LogP contribution < -0.4 is 0 Å². The molecule has 0 spiro atoms. The van der Waals surface area contributed by atoms with Crippen molar-refractivity contribution in [2.45, 2.75) is 6.92 Å². The zero-order valence-electron chi connectivity index (χ0n) is 14.2. The van der Waals surface area contributed by atoms with Gasteiger partial charge in [-0.3, -0.25) is 19.7 Å². The number of amides is 1. The molecule has 0 heterocycles. The average Bonchev–Trinajstić information content (AvgIpc) is 2.62. The van der Waals surface area contributed by atoms with Gasteiger partial charge in [0.1, 0.15) is 0 Å². The normalized spacial score (nSPS) is 11.6. The van der Waals surface area contributed by atoms with Crippen LogP contribution in [-0.4, -0.2) is 66.8 Å². The van der Waals surface area contributed by atoms with Crippen LogP contribution >= 0.6 is 0 Å². The summed E-state index contributed by atoms with van der Waals surface area (Å²) < 4.78 is 9.84. The van der Waals surface area contributed by atoms with Crippen molar-refractivity contribution in [2.75, 3.05) is 40.0 Å². The lowest BCUT2D eigenvalue weighted by atomic mass is 10.1. The second-order valence-electron chi connectivity index (χ2n) is 5.32. The first kappa shape index (κ1) is 20.5. The second-order valence-corrected chi connectivity index (χ2v) is 5.32. The summed E-state index contributed by atoms with van der Waals surface area (Å²) in [6.45, 7) is 2.16. The number of carbonyl (C=O) groups excluding carboxylic acids is 2. The van der Waals surface area contributed by atoms with Crippen molar-refractivity contribution >= 4 is 17.6 Å². The van der Waals surface area contributed by atoms with Crippen LogP contribution in [0.3, 0.4) is 0 Å². The maximum Gasteiger partial charge on any atom is 0.310 e. The van der Waals surface area contributed by atoms with Crippen molar-refractivity contribution in [1.29, 1.82) is 0 Å². The molecule has 1 N–H and O–H groups in total. The average molecular weight is 354 g/mol. The van der Waals surface area contributed by atoms with Gasteiger partial charge in [0.15, 0.2) is 0 Å². The van der Waals surface area contributed by atoms with Crippen LogP contribution in [0.15, 0.2) is 24.3 Å². The number of benzene rings is 1. The zero-order valence-corrected chi connectivity index (χ0v) is 14.2. The van der Waals surface area contributed by atoms with Crippen LogP contribution in [0.2, 0.25) is 0 Å². The third-order valence-corrected chi connectivity index (χ3v) is 3.45. The van der Waals surface area contributed by atoms with Crippen LogP contribution in [0, 0.1) is 16.0 Å². The number of non-ortho nitro benzene ring substituents is 1. The van der Waals surface area contributed by atoms with Gasteiger partial charge in [-0.05, 0) is 12.1 Å². The van der Waals surface area contributed by atoms with Gasteiger partial charge in [-0.15, -0.1) is 0 Å². The Morgan fingerprint density at radius 2 is 1.92 bits per heavy atom. The number of nitro groups is 1. The highest BCUT2D eigenvalue weighted by atomic mass is 16.6. The minimum atomic E-state index is -0.548. The second kappa shape index (κ2) is 10.4. The molecule has 0 aliphatic rings. The molecule has 0 saturated heterocycles. The number of ether oxygens (including phenoxy) is 2. The molecule has 0 fully saturated rings. The van der Waals surface area contributed by atoms with E-state index in [2.05, 4.69) is 4.74 Å². The van der Waals surface area contributed by atoms with Gasteiger partial charge in [-0.1, -0.05) is 6.92 Å². The lowest BCUT2D eigenvalue weighted by Gasteiger charge is -2.25. The maximum atomic E-state index is 12.6. The first-order valence-corrected chi connectivity index (χ1v) is 7.70. The number of nitrogens with zero attached hydrogens (tertiary/aromatic N) is 2. The van der Waals surface area contributed by atoms with Gasteiger partial charge in [0.05, 0.1) is 37.8 Å². The molecule has 25 heavy (non-hydrogen) atoms. The molecule has 0 radical (unpaired) electrons. The fourth-order valence-corrected chi connectivity index (χ4v) is 2.13. The molecule has 1 amide bonds. The summed E-state index contributed by atoms with van der Waals surface area (Å²) in [6, 6.07) is 5.23. The molecule has 0 aromatic heterocycles. The van der Waals surface area contributed by atoms with E-state index in [1.807, 2.05) is 0 Å². The fourth-order valence-electron chi connectivity index (χ4n) is 2.13. The number of methoxy groups -OCH3 is 1. The van der Waals surface area contributed by atoms with Crippen molar-refractivity contribution in [1.82, 2.24) is 4.90 Å². The number of hydrogen-bond acceptors (Lipinski definition) is 7. The fraction of sp³-hybridized carbons (Fsp3) is 0.500. The van der Waals surface area contributed by atoms with E-state index in [4.69, 9.17) is 9.84 Å². The lowest BCUT2D eigenvalue weighted by molar-refractivity contribution is -0.384. The number of hydrogen-bond donors (Lipinski definition) is 1. The van der Waals surface area contributed by atoms with Gasteiger partial charge in [0, 0.05) is 30.8 Å². The van der Waals surface area contributed by atoms with Crippen LogP contribution in [0.4, 0.5) is 5.69 Å². The predicted octanol–water partition coefficient (Wildman–Crippen LogP) is 0.855. The van der Waals surface area contributed by atoms with E-state index in [9.17, 15) is 19.7 Å². The van der Waals surface area contributed by atoms with E-state index >= 15 is 0 Å². The van der Waals surface area contributed by atoms with Crippen LogP contribution in [-0.2, 0) is 14.3 Å². The highest BCUT2D eigenvalue weighted by molar-refractivity contribution is 5.94. The summed E-state index contributed by atoms with van der Waals surface area (Å²) in [5.41, 5.74) is 0.155. The van der Waals surface area contributed by atoms with E-state index < -0.39 is 16.8 Å². The van der Waals surface area contributed by atoms with Crippen LogP contribution in [0.1, 0.15) is 17.3 Å². The SMILES string of the molecule is COC(=O)C(C)CN(CCOCCO)C(=O)c1ccc([N+](=O)[O-])cc1. The molecule has 9 heteroatoms. The molecule has 1 atom stereocenters. The summed E-state index contributed by atoms with van der Waals surface area (Å²) >= 11 is 0. The summed E-state index contributed by atoms with van der Waals surface area (Å²) in [4.78, 5) is 35.8. The topological polar surface area (TPSA) is 119 Å². The number of nitro benzene ring substituents is 1. The third-order valence-electron chi connectivity index (χ3n) is 3.45. The highest BCUT2D eigenvalue weighted by Crippen LogP contribution is 2.14. The van der Waals surface area contributed by atoms with E-state index in [0.29, 0.717) is 0 Å². The molecular weight excluding hydrogens is 332 g/mol. The molecule has 138 valence electrons. The smallest absolute Gasteiger partial charge is 0.310 e. The number of aliphatic hydroxyl groups is 1. The minimum absolute atomic E-state index is 0.114. The first-order chi connectivity index (χ1) is 11.9. The molecule has 0 bridgehead atoms. The van der Waals surface area contributed by atoms with Crippen molar-refractivity contribution in [2.24, 2.45) is 5.92 Å². The Morgan fingerprint density at radius 3 is 2.44 bits per heavy atom. The largest absolute Gasteiger partial charge is 0.469 e. The lowest BCUT2D eigenvalue weighted by Crippen LogP contribution is -2.39. The molecule has 1 rings (SSSR count). The molecule has 1 aromatic carbocycles. The molecule has 0 aliphatic carbocycles. The number of rotatable bonds is 10. The van der Waals surface area contributed by atoms with E-state index in [1.165, 1.54) is 36.3 Å². The van der Waals surface area contributed by atoms with Crippen molar-refractivity contribution in [3.05, 3.63) is 39.9 Å². The third kappa shape index (κ3) is 6.48. The molecular formula is C16H22N2O7. The Balaban J connectivity index is 2.85. The highest BCUT2D eigenvalue weighted by Gasteiger charge is 2.23. The van der Waals surface area contributed by atoms with Gasteiger partial charge >= 0.3 is 5.97 Å². The Labute approximate surface area is 145 Å². The van der Waals surface area contributed by atoms with Gasteiger partial charge < -0.3 is 19.5 Å².